The molecule has 0 bridgehead atoms. The summed E-state index contributed by atoms with van der Waals surface area (Å²) in [6.07, 6.45) is -0.305. The van der Waals surface area contributed by atoms with Crippen molar-refractivity contribution in [3.8, 4) is 0 Å². The number of aliphatic hydroxyl groups excluding tert-OH is 1. The lowest BCUT2D eigenvalue weighted by Gasteiger charge is -2.18. The van der Waals surface area contributed by atoms with E-state index in [2.05, 4.69) is 27.7 Å². The van der Waals surface area contributed by atoms with Crippen LogP contribution in [0.15, 0.2) is 65.8 Å². The molecule has 138 valence electrons. The lowest BCUT2D eigenvalue weighted by molar-refractivity contribution is -0.0311. The Morgan fingerprint density at radius 2 is 1.62 bits per heavy atom. The zero-order valence-corrected chi connectivity index (χ0v) is 16.4. The fraction of sp³-hybridized carbons (Fsp3) is 0.350. The first-order valence-electron chi connectivity index (χ1n) is 8.52. The molecular weight excluding hydrogens is 445 g/mol. The van der Waals surface area contributed by atoms with Gasteiger partial charge in [-0.1, -0.05) is 88.4 Å². The van der Waals surface area contributed by atoms with E-state index < -0.39 is 18.3 Å². The molecule has 1 saturated heterocycles. The Morgan fingerprint density at radius 1 is 1.00 bits per heavy atom. The van der Waals surface area contributed by atoms with Crippen molar-refractivity contribution in [2.24, 2.45) is 5.16 Å². The lowest BCUT2D eigenvalue weighted by atomic mass is 10.1. The third-order valence-corrected chi connectivity index (χ3v) is 5.04. The molecule has 0 unspecified atom stereocenters. The van der Waals surface area contributed by atoms with Crippen LogP contribution in [0.5, 0.6) is 0 Å². The van der Waals surface area contributed by atoms with Gasteiger partial charge in [-0.15, -0.1) is 0 Å². The molecule has 3 rings (SSSR count). The molecule has 26 heavy (non-hydrogen) atoms. The smallest absolute Gasteiger partial charge is 0.142 e. The van der Waals surface area contributed by atoms with Gasteiger partial charge in [-0.25, -0.2) is 0 Å². The van der Waals surface area contributed by atoms with Crippen LogP contribution in [0.1, 0.15) is 11.1 Å². The van der Waals surface area contributed by atoms with Crippen LogP contribution in [0.2, 0.25) is 0 Å². The zero-order valence-electron chi connectivity index (χ0n) is 14.3. The average Bonchev–Trinajstić information content (AvgIpc) is 3.00. The molecule has 1 aliphatic heterocycles. The quantitative estimate of drug-likeness (QED) is 0.280. The van der Waals surface area contributed by atoms with Crippen molar-refractivity contribution >= 4 is 28.8 Å². The molecule has 2 aromatic rings. The molecule has 6 heteroatoms. The van der Waals surface area contributed by atoms with Crippen molar-refractivity contribution in [3.05, 3.63) is 71.8 Å². The summed E-state index contributed by atoms with van der Waals surface area (Å²) in [4.78, 5) is 5.35. The molecule has 0 spiro atoms. The Kier molecular flexibility index (Phi) is 7.43. The summed E-state index contributed by atoms with van der Waals surface area (Å²) < 4.78 is 12.5. The summed E-state index contributed by atoms with van der Waals surface area (Å²) in [5.74, 6) is 0. The molecule has 0 aliphatic carbocycles. The van der Waals surface area contributed by atoms with Crippen molar-refractivity contribution in [2.75, 3.05) is 4.43 Å². The normalized spacial score (nSPS) is 25.6. The van der Waals surface area contributed by atoms with Crippen molar-refractivity contribution in [1.29, 1.82) is 0 Å². The Bertz CT molecular complexity index is 683. The summed E-state index contributed by atoms with van der Waals surface area (Å²) in [6.45, 7) is 0.799. The van der Waals surface area contributed by atoms with Crippen LogP contribution in [-0.4, -0.2) is 40.2 Å². The monoisotopic (exact) mass is 467 g/mol. The lowest BCUT2D eigenvalue weighted by Crippen LogP contribution is -2.36. The Hall–Kier alpha value is -1.48. The highest BCUT2D eigenvalue weighted by atomic mass is 127. The van der Waals surface area contributed by atoms with E-state index >= 15 is 0 Å². The summed E-state index contributed by atoms with van der Waals surface area (Å²) in [5.41, 5.74) is 2.09. The molecule has 0 radical (unpaired) electrons. The molecular formula is C20H22INO4. The number of alkyl halides is 1. The second-order valence-corrected chi connectivity index (χ2v) is 6.94. The van der Waals surface area contributed by atoms with Crippen LogP contribution < -0.4 is 0 Å². The minimum atomic E-state index is -0.693. The van der Waals surface area contributed by atoms with Crippen LogP contribution >= 0.6 is 22.6 Å². The maximum absolute atomic E-state index is 10.5. The summed E-state index contributed by atoms with van der Waals surface area (Å²) in [5, 5.41) is 14.5. The Labute approximate surface area is 167 Å². The first-order chi connectivity index (χ1) is 12.8. The molecule has 1 fully saturated rings. The maximum Gasteiger partial charge on any atom is 0.142 e. The van der Waals surface area contributed by atoms with E-state index in [9.17, 15) is 5.11 Å². The van der Waals surface area contributed by atoms with E-state index in [1.807, 2.05) is 60.7 Å². The first kappa shape index (κ1) is 19.3. The minimum absolute atomic E-state index is 0.276. The van der Waals surface area contributed by atoms with E-state index in [1.165, 1.54) is 0 Å². The maximum atomic E-state index is 10.5. The third-order valence-electron chi connectivity index (χ3n) is 4.17. The van der Waals surface area contributed by atoms with Crippen molar-refractivity contribution in [1.82, 2.24) is 0 Å². The summed E-state index contributed by atoms with van der Waals surface area (Å²) in [6, 6.07) is 19.7. The number of halogens is 1. The van der Waals surface area contributed by atoms with Gasteiger partial charge < -0.3 is 19.4 Å². The van der Waals surface area contributed by atoms with Crippen LogP contribution in [0, 0.1) is 0 Å². The van der Waals surface area contributed by atoms with Gasteiger partial charge in [0.2, 0.25) is 0 Å². The van der Waals surface area contributed by atoms with Crippen LogP contribution in [-0.2, 0) is 27.5 Å². The van der Waals surface area contributed by atoms with Gasteiger partial charge in [0.15, 0.2) is 0 Å². The largest absolute Gasteiger partial charge is 0.391 e. The molecule has 0 saturated carbocycles. The second-order valence-electron chi connectivity index (χ2n) is 6.06. The highest BCUT2D eigenvalue weighted by Gasteiger charge is 2.43. The second kappa shape index (κ2) is 10.0. The van der Waals surface area contributed by atoms with Gasteiger partial charge in [-0.3, -0.25) is 0 Å². The van der Waals surface area contributed by atoms with Gasteiger partial charge in [0.25, 0.3) is 0 Å². The molecule has 1 N–H and O–H groups in total. The number of hydrogen-bond donors (Lipinski definition) is 1. The first-order valence-corrected chi connectivity index (χ1v) is 10.0. The average molecular weight is 467 g/mol. The highest BCUT2D eigenvalue weighted by Crippen LogP contribution is 2.25. The number of hydrogen-bond acceptors (Lipinski definition) is 5. The number of nitrogens with zero attached hydrogens (tertiary/aromatic N) is 1. The van der Waals surface area contributed by atoms with Crippen molar-refractivity contribution < 1.29 is 19.4 Å². The number of aliphatic hydroxyl groups is 1. The van der Waals surface area contributed by atoms with Gasteiger partial charge in [0.1, 0.15) is 24.9 Å². The molecule has 1 heterocycles. The molecule has 5 nitrogen and oxygen atoms in total. The van der Waals surface area contributed by atoms with Gasteiger partial charge in [0.05, 0.1) is 18.9 Å². The van der Waals surface area contributed by atoms with Gasteiger partial charge in [-0.2, -0.15) is 0 Å². The van der Waals surface area contributed by atoms with E-state index in [0.29, 0.717) is 17.6 Å². The van der Waals surface area contributed by atoms with Gasteiger partial charge in [0, 0.05) is 4.43 Å². The van der Waals surface area contributed by atoms with E-state index in [1.54, 1.807) is 6.21 Å². The number of rotatable bonds is 8. The van der Waals surface area contributed by atoms with Gasteiger partial charge in [-0.05, 0) is 11.1 Å². The Morgan fingerprint density at radius 3 is 2.23 bits per heavy atom. The Balaban J connectivity index is 1.56. The van der Waals surface area contributed by atoms with Crippen LogP contribution in [0.25, 0.3) is 0 Å². The predicted molar refractivity (Wildman–Crippen MR) is 108 cm³/mol. The topological polar surface area (TPSA) is 60.3 Å². The molecule has 0 amide bonds. The number of benzene rings is 2. The standard InChI is InChI=1S/C20H22INO4/c21-11-17-19(23)20(24-13-15-7-3-1-4-8-15)18(26-17)12-22-25-14-16-9-5-2-6-10-16/h1-10,12,17-20,23H,11,13-14H2/b22-12+/t17-,18-,19+,20+/m0/s1. The van der Waals surface area contributed by atoms with Crippen LogP contribution in [0.4, 0.5) is 0 Å². The SMILES string of the molecule is O[C@H]1[C@H](OCc2ccccc2)[C@H](/C=N/OCc2ccccc2)O[C@H]1CI. The van der Waals surface area contributed by atoms with E-state index in [-0.39, 0.29) is 6.10 Å². The molecule has 1 aliphatic rings. The molecule has 4 atom stereocenters. The number of oxime groups is 1. The zero-order chi connectivity index (χ0) is 18.2. The van der Waals surface area contributed by atoms with Crippen molar-refractivity contribution in [2.45, 2.75) is 37.6 Å². The summed E-state index contributed by atoms with van der Waals surface area (Å²) >= 11 is 2.20. The molecule has 2 aromatic carbocycles. The van der Waals surface area contributed by atoms with E-state index in [0.717, 1.165) is 11.1 Å². The fourth-order valence-corrected chi connectivity index (χ4v) is 3.49. The number of ether oxygens (including phenoxy) is 2. The highest BCUT2D eigenvalue weighted by molar-refractivity contribution is 14.1. The van der Waals surface area contributed by atoms with E-state index in [4.69, 9.17) is 14.3 Å². The third kappa shape index (κ3) is 5.26. The predicted octanol–water partition coefficient (Wildman–Crippen LogP) is 3.34. The van der Waals surface area contributed by atoms with Gasteiger partial charge >= 0.3 is 0 Å². The molecule has 0 aromatic heterocycles. The van der Waals surface area contributed by atoms with Crippen LogP contribution in [0.3, 0.4) is 0 Å². The summed E-state index contributed by atoms with van der Waals surface area (Å²) in [7, 11) is 0. The minimum Gasteiger partial charge on any atom is -0.391 e. The fourth-order valence-electron chi connectivity index (χ4n) is 2.76. The van der Waals surface area contributed by atoms with Crippen molar-refractivity contribution in [3.63, 3.8) is 0 Å².